The van der Waals surface area contributed by atoms with Crippen LogP contribution in [0.1, 0.15) is 25.7 Å². The first-order chi connectivity index (χ1) is 13.1. The SMILES string of the molecule is CN(CCOCCN1CCCC1)CCN(C)CCN(C)CCN1CCCC1. The maximum absolute atomic E-state index is 5.81. The van der Waals surface area contributed by atoms with E-state index >= 15 is 0 Å². The highest BCUT2D eigenvalue weighted by Crippen LogP contribution is 2.07. The lowest BCUT2D eigenvalue weighted by atomic mass is 10.4. The second kappa shape index (κ2) is 13.9. The van der Waals surface area contributed by atoms with Crippen molar-refractivity contribution >= 4 is 0 Å². The lowest BCUT2D eigenvalue weighted by Gasteiger charge is -2.25. The highest BCUT2D eigenvalue weighted by atomic mass is 16.5. The van der Waals surface area contributed by atoms with E-state index in [2.05, 4.69) is 45.6 Å². The average Bonchev–Trinajstić information content (AvgIpc) is 3.36. The molecule has 0 bridgehead atoms. The molecule has 2 aliphatic heterocycles. The maximum Gasteiger partial charge on any atom is 0.0594 e. The van der Waals surface area contributed by atoms with Gasteiger partial charge in [-0.2, -0.15) is 0 Å². The Balaban J connectivity index is 1.39. The molecule has 2 aliphatic rings. The Morgan fingerprint density at radius 3 is 1.56 bits per heavy atom. The molecule has 2 rings (SSSR count). The van der Waals surface area contributed by atoms with Gasteiger partial charge in [0, 0.05) is 52.4 Å². The molecule has 160 valence electrons. The molecule has 6 heteroatoms. The average molecular weight is 384 g/mol. The van der Waals surface area contributed by atoms with E-state index in [1.165, 1.54) is 65.0 Å². The molecule has 0 aromatic carbocycles. The zero-order valence-corrected chi connectivity index (χ0v) is 18.4. The van der Waals surface area contributed by atoms with Gasteiger partial charge >= 0.3 is 0 Å². The number of likely N-dealkylation sites (tertiary alicyclic amines) is 2. The summed E-state index contributed by atoms with van der Waals surface area (Å²) in [5.74, 6) is 0. The first-order valence-corrected chi connectivity index (χ1v) is 11.2. The number of rotatable bonds is 15. The van der Waals surface area contributed by atoms with Crippen molar-refractivity contribution in [3.8, 4) is 0 Å². The Bertz CT molecular complexity index is 358. The maximum atomic E-state index is 5.81. The van der Waals surface area contributed by atoms with Gasteiger partial charge in [-0.15, -0.1) is 0 Å². The highest BCUT2D eigenvalue weighted by molar-refractivity contribution is 4.68. The number of hydrogen-bond acceptors (Lipinski definition) is 6. The van der Waals surface area contributed by atoms with Crippen molar-refractivity contribution in [3.05, 3.63) is 0 Å². The summed E-state index contributed by atoms with van der Waals surface area (Å²) in [5, 5.41) is 0. The number of likely N-dealkylation sites (N-methyl/N-ethyl adjacent to an activating group) is 3. The smallest absolute Gasteiger partial charge is 0.0594 e. The second-order valence-electron chi connectivity index (χ2n) is 8.62. The predicted molar refractivity (Wildman–Crippen MR) is 115 cm³/mol. The van der Waals surface area contributed by atoms with E-state index in [-0.39, 0.29) is 0 Å². The molecular formula is C21H45N5O. The monoisotopic (exact) mass is 383 g/mol. The Morgan fingerprint density at radius 2 is 1.00 bits per heavy atom. The van der Waals surface area contributed by atoms with Crippen molar-refractivity contribution in [1.82, 2.24) is 24.5 Å². The normalized spacial score (nSPS) is 19.3. The van der Waals surface area contributed by atoms with Gasteiger partial charge in [0.1, 0.15) is 0 Å². The van der Waals surface area contributed by atoms with Crippen molar-refractivity contribution in [3.63, 3.8) is 0 Å². The summed E-state index contributed by atoms with van der Waals surface area (Å²) in [5.41, 5.74) is 0. The first kappa shape index (κ1) is 23.0. The van der Waals surface area contributed by atoms with Crippen LogP contribution in [0.25, 0.3) is 0 Å². The molecule has 2 heterocycles. The van der Waals surface area contributed by atoms with Gasteiger partial charge in [-0.05, 0) is 73.0 Å². The van der Waals surface area contributed by atoms with Gasteiger partial charge in [0.25, 0.3) is 0 Å². The molecule has 27 heavy (non-hydrogen) atoms. The number of nitrogens with zero attached hydrogens (tertiary/aromatic N) is 5. The van der Waals surface area contributed by atoms with E-state index in [4.69, 9.17) is 4.74 Å². The third-order valence-electron chi connectivity index (χ3n) is 6.09. The van der Waals surface area contributed by atoms with Crippen LogP contribution in [0.3, 0.4) is 0 Å². The summed E-state index contributed by atoms with van der Waals surface area (Å²) < 4.78 is 5.81. The van der Waals surface area contributed by atoms with Crippen LogP contribution in [0.15, 0.2) is 0 Å². The van der Waals surface area contributed by atoms with Crippen molar-refractivity contribution in [1.29, 1.82) is 0 Å². The summed E-state index contributed by atoms with van der Waals surface area (Å²) in [6.45, 7) is 16.0. The van der Waals surface area contributed by atoms with E-state index in [9.17, 15) is 0 Å². The third-order valence-corrected chi connectivity index (χ3v) is 6.09. The molecule has 0 saturated carbocycles. The molecule has 0 aromatic rings. The van der Waals surface area contributed by atoms with Crippen molar-refractivity contribution < 1.29 is 4.74 Å². The molecular weight excluding hydrogens is 338 g/mol. The summed E-state index contributed by atoms with van der Waals surface area (Å²) >= 11 is 0. The van der Waals surface area contributed by atoms with Gasteiger partial charge in [0.2, 0.25) is 0 Å². The minimum atomic E-state index is 0.854. The fourth-order valence-corrected chi connectivity index (χ4v) is 3.86. The second-order valence-corrected chi connectivity index (χ2v) is 8.62. The molecule has 6 nitrogen and oxygen atoms in total. The molecule has 0 unspecified atom stereocenters. The fraction of sp³-hybridized carbons (Fsp3) is 1.00. The third kappa shape index (κ3) is 10.8. The van der Waals surface area contributed by atoms with Crippen LogP contribution in [-0.4, -0.2) is 137 Å². The van der Waals surface area contributed by atoms with Gasteiger partial charge in [0.15, 0.2) is 0 Å². The quantitative estimate of drug-likeness (QED) is 0.391. The summed E-state index contributed by atoms with van der Waals surface area (Å²) in [7, 11) is 6.71. The van der Waals surface area contributed by atoms with Gasteiger partial charge < -0.3 is 29.2 Å². The Hall–Kier alpha value is -0.240. The van der Waals surface area contributed by atoms with Crippen LogP contribution in [0.5, 0.6) is 0 Å². The first-order valence-electron chi connectivity index (χ1n) is 11.2. The largest absolute Gasteiger partial charge is 0.379 e. The van der Waals surface area contributed by atoms with Crippen LogP contribution in [-0.2, 0) is 4.74 Å². The zero-order chi connectivity index (χ0) is 19.3. The van der Waals surface area contributed by atoms with E-state index in [0.29, 0.717) is 0 Å². The lowest BCUT2D eigenvalue weighted by molar-refractivity contribution is 0.0915. The van der Waals surface area contributed by atoms with E-state index in [1.54, 1.807) is 0 Å². The Labute approximate surface area is 168 Å². The minimum Gasteiger partial charge on any atom is -0.379 e. The number of hydrogen-bond donors (Lipinski definition) is 0. The van der Waals surface area contributed by atoms with Gasteiger partial charge in [0.05, 0.1) is 13.2 Å². The van der Waals surface area contributed by atoms with Crippen molar-refractivity contribution in [2.45, 2.75) is 25.7 Å². The summed E-state index contributed by atoms with van der Waals surface area (Å²) in [6, 6.07) is 0. The molecule has 2 fully saturated rings. The van der Waals surface area contributed by atoms with Crippen LogP contribution >= 0.6 is 0 Å². The van der Waals surface area contributed by atoms with Crippen LogP contribution in [0.2, 0.25) is 0 Å². The lowest BCUT2D eigenvalue weighted by Crippen LogP contribution is -2.38. The van der Waals surface area contributed by atoms with Crippen LogP contribution in [0.4, 0.5) is 0 Å². The predicted octanol–water partition coefficient (Wildman–Crippen LogP) is 0.990. The number of ether oxygens (including phenoxy) is 1. The van der Waals surface area contributed by atoms with Gasteiger partial charge in [-0.1, -0.05) is 0 Å². The molecule has 0 aliphatic carbocycles. The Morgan fingerprint density at radius 1 is 0.556 bits per heavy atom. The summed E-state index contributed by atoms with van der Waals surface area (Å²) in [6.07, 6.45) is 5.52. The molecule has 2 saturated heterocycles. The minimum absolute atomic E-state index is 0.854. The molecule has 0 radical (unpaired) electrons. The van der Waals surface area contributed by atoms with E-state index < -0.39 is 0 Å². The van der Waals surface area contributed by atoms with E-state index in [0.717, 1.165) is 52.5 Å². The van der Waals surface area contributed by atoms with Crippen LogP contribution < -0.4 is 0 Å². The molecule has 0 amide bonds. The van der Waals surface area contributed by atoms with Gasteiger partial charge in [-0.3, -0.25) is 0 Å². The zero-order valence-electron chi connectivity index (χ0n) is 18.4. The highest BCUT2D eigenvalue weighted by Gasteiger charge is 2.12. The molecule has 0 spiro atoms. The Kier molecular flexibility index (Phi) is 11.8. The topological polar surface area (TPSA) is 25.4 Å². The fourth-order valence-electron chi connectivity index (χ4n) is 3.86. The van der Waals surface area contributed by atoms with Gasteiger partial charge in [-0.25, -0.2) is 0 Å². The standard InChI is InChI=1S/C21H45N5O/c1-22(12-13-23(2)16-17-25-8-4-5-9-25)14-15-24(3)18-20-27-21-19-26-10-6-7-11-26/h4-21H2,1-3H3. The summed E-state index contributed by atoms with van der Waals surface area (Å²) in [4.78, 5) is 12.4. The van der Waals surface area contributed by atoms with Crippen molar-refractivity contribution in [2.24, 2.45) is 0 Å². The molecule has 0 aromatic heterocycles. The van der Waals surface area contributed by atoms with E-state index in [1.807, 2.05) is 0 Å². The van der Waals surface area contributed by atoms with Crippen molar-refractivity contribution in [2.75, 3.05) is 113 Å². The molecule has 0 N–H and O–H groups in total. The van der Waals surface area contributed by atoms with Crippen LogP contribution in [0, 0.1) is 0 Å². The molecule has 0 atom stereocenters.